The summed E-state index contributed by atoms with van der Waals surface area (Å²) in [5.74, 6) is -3.51. The minimum atomic E-state index is -1.41. The smallest absolute Gasteiger partial charge is 0.207 e. The first kappa shape index (κ1) is 12.9. The van der Waals surface area contributed by atoms with Crippen molar-refractivity contribution in [2.24, 2.45) is 4.99 Å². The van der Waals surface area contributed by atoms with E-state index in [1.807, 2.05) is 6.92 Å². The van der Waals surface area contributed by atoms with Crippen molar-refractivity contribution < 1.29 is 13.2 Å². The van der Waals surface area contributed by atoms with Crippen LogP contribution < -0.4 is 0 Å². The highest BCUT2D eigenvalue weighted by atomic mass is 19.2. The molecule has 0 amide bonds. The Morgan fingerprint density at radius 3 is 2.21 bits per heavy atom. The molecule has 0 N–H and O–H groups in total. The molecule has 0 heterocycles. The molecular formula is C10H14F3N. The largest absolute Gasteiger partial charge is 0.246 e. The van der Waals surface area contributed by atoms with Gasteiger partial charge in [-0.3, -0.25) is 0 Å². The molecule has 0 aromatic heterocycles. The van der Waals surface area contributed by atoms with Gasteiger partial charge in [0.15, 0.2) is 5.83 Å². The zero-order valence-corrected chi connectivity index (χ0v) is 8.57. The molecule has 0 aromatic rings. The normalized spacial score (nSPS) is 15.6. The molecule has 0 saturated heterocycles. The first-order valence-corrected chi connectivity index (χ1v) is 4.42. The average Bonchev–Trinajstić information content (AvgIpc) is 2.13. The maximum absolute atomic E-state index is 13.0. The summed E-state index contributed by atoms with van der Waals surface area (Å²) in [7, 11) is 0. The van der Waals surface area contributed by atoms with Crippen LogP contribution in [0.1, 0.15) is 33.6 Å². The van der Waals surface area contributed by atoms with Gasteiger partial charge in [0, 0.05) is 5.57 Å². The SMILES string of the molecule is CCC/C=C(C)/C(F)=N\C(F)=C(/C)F. The number of nitrogens with zero attached hydrogens (tertiary/aromatic N) is 1. The maximum Gasteiger partial charge on any atom is 0.246 e. The molecule has 80 valence electrons. The molecule has 0 rings (SSSR count). The van der Waals surface area contributed by atoms with Crippen LogP contribution in [-0.2, 0) is 0 Å². The maximum atomic E-state index is 13.0. The van der Waals surface area contributed by atoms with Gasteiger partial charge in [-0.25, -0.2) is 4.39 Å². The first-order valence-electron chi connectivity index (χ1n) is 4.42. The summed E-state index contributed by atoms with van der Waals surface area (Å²) in [6.45, 7) is 4.29. The predicted molar refractivity (Wildman–Crippen MR) is 52.1 cm³/mol. The highest BCUT2D eigenvalue weighted by Gasteiger charge is 2.04. The second-order valence-electron chi connectivity index (χ2n) is 2.90. The zero-order valence-electron chi connectivity index (χ0n) is 8.57. The van der Waals surface area contributed by atoms with Crippen LogP contribution in [0.5, 0.6) is 0 Å². The van der Waals surface area contributed by atoms with Crippen molar-refractivity contribution in [1.29, 1.82) is 0 Å². The van der Waals surface area contributed by atoms with Crippen molar-refractivity contribution in [3.63, 3.8) is 0 Å². The summed E-state index contributed by atoms with van der Waals surface area (Å²) in [6, 6.07) is 0. The molecule has 0 aliphatic carbocycles. The van der Waals surface area contributed by atoms with Crippen LogP contribution in [0.2, 0.25) is 0 Å². The molecule has 0 atom stereocenters. The zero-order chi connectivity index (χ0) is 11.1. The Labute approximate surface area is 82.0 Å². The molecular weight excluding hydrogens is 191 g/mol. The van der Waals surface area contributed by atoms with Crippen LogP contribution in [0.15, 0.2) is 28.4 Å². The van der Waals surface area contributed by atoms with Gasteiger partial charge in [-0.15, -0.1) is 0 Å². The van der Waals surface area contributed by atoms with Crippen molar-refractivity contribution in [2.45, 2.75) is 33.6 Å². The highest BCUT2D eigenvalue weighted by molar-refractivity contribution is 5.92. The van der Waals surface area contributed by atoms with E-state index in [-0.39, 0.29) is 5.57 Å². The van der Waals surface area contributed by atoms with E-state index in [2.05, 4.69) is 4.99 Å². The molecule has 0 fully saturated rings. The third-order valence-electron chi connectivity index (χ3n) is 1.55. The summed E-state index contributed by atoms with van der Waals surface area (Å²) >= 11 is 0. The summed E-state index contributed by atoms with van der Waals surface area (Å²) < 4.78 is 37.7. The molecule has 4 heteroatoms. The lowest BCUT2D eigenvalue weighted by atomic mass is 10.2. The van der Waals surface area contributed by atoms with E-state index >= 15 is 0 Å². The van der Waals surface area contributed by atoms with Crippen LogP contribution in [0, 0.1) is 0 Å². The Balaban J connectivity index is 4.61. The fourth-order valence-corrected chi connectivity index (χ4v) is 0.696. The van der Waals surface area contributed by atoms with E-state index in [1.54, 1.807) is 6.08 Å². The summed E-state index contributed by atoms with van der Waals surface area (Å²) in [4.78, 5) is 2.85. The number of rotatable bonds is 4. The number of halogens is 3. The standard InChI is InChI=1S/C10H14F3N/c1-4-5-6-7(2)9(12)14-10(13)8(3)11/h6H,4-5H2,1-3H3/b7-6+,10-8+,14-9+. The van der Waals surface area contributed by atoms with E-state index in [4.69, 9.17) is 0 Å². The van der Waals surface area contributed by atoms with Crippen LogP contribution in [0.4, 0.5) is 13.2 Å². The number of allylic oxidation sites excluding steroid dienone is 3. The molecule has 0 bridgehead atoms. The van der Waals surface area contributed by atoms with Crippen molar-refractivity contribution in [1.82, 2.24) is 0 Å². The van der Waals surface area contributed by atoms with Gasteiger partial charge in [-0.1, -0.05) is 19.4 Å². The highest BCUT2D eigenvalue weighted by Crippen LogP contribution is 2.11. The minimum Gasteiger partial charge on any atom is -0.207 e. The molecule has 0 aliphatic heterocycles. The number of aliphatic imine (C=N–C) groups is 1. The van der Waals surface area contributed by atoms with Gasteiger partial charge in [-0.2, -0.15) is 13.8 Å². The Morgan fingerprint density at radius 1 is 1.21 bits per heavy atom. The lowest BCUT2D eigenvalue weighted by Crippen LogP contribution is -1.92. The Hall–Kier alpha value is -1.06. The quantitative estimate of drug-likeness (QED) is 0.481. The summed E-state index contributed by atoms with van der Waals surface area (Å²) in [6.07, 6.45) is 3.15. The molecule has 0 spiro atoms. The Morgan fingerprint density at radius 2 is 1.79 bits per heavy atom. The molecule has 0 radical (unpaired) electrons. The lowest BCUT2D eigenvalue weighted by Gasteiger charge is -1.95. The van der Waals surface area contributed by atoms with E-state index in [1.165, 1.54) is 6.92 Å². The topological polar surface area (TPSA) is 12.4 Å². The van der Waals surface area contributed by atoms with Crippen molar-refractivity contribution in [2.75, 3.05) is 0 Å². The molecule has 1 nitrogen and oxygen atoms in total. The van der Waals surface area contributed by atoms with E-state index < -0.39 is 17.7 Å². The van der Waals surface area contributed by atoms with E-state index in [9.17, 15) is 13.2 Å². The number of hydrogen-bond acceptors (Lipinski definition) is 1. The van der Waals surface area contributed by atoms with Crippen molar-refractivity contribution in [3.05, 3.63) is 23.4 Å². The van der Waals surface area contributed by atoms with Crippen molar-refractivity contribution >= 4 is 5.97 Å². The predicted octanol–water partition coefficient (Wildman–Crippen LogP) is 4.23. The Kier molecular flexibility index (Phi) is 5.92. The first-order chi connectivity index (χ1) is 6.49. The van der Waals surface area contributed by atoms with E-state index in [0.29, 0.717) is 6.42 Å². The van der Waals surface area contributed by atoms with Gasteiger partial charge in [0.1, 0.15) is 0 Å². The number of hydrogen-bond donors (Lipinski definition) is 0. The van der Waals surface area contributed by atoms with Crippen LogP contribution in [-0.4, -0.2) is 5.97 Å². The third-order valence-corrected chi connectivity index (χ3v) is 1.55. The molecule has 0 saturated carbocycles. The second kappa shape index (κ2) is 6.40. The van der Waals surface area contributed by atoms with Gasteiger partial charge in [0.2, 0.25) is 11.9 Å². The minimum absolute atomic E-state index is 0.225. The summed E-state index contributed by atoms with van der Waals surface area (Å²) in [5, 5.41) is 0. The molecule has 0 aromatic carbocycles. The van der Waals surface area contributed by atoms with Gasteiger partial charge < -0.3 is 0 Å². The monoisotopic (exact) mass is 205 g/mol. The third kappa shape index (κ3) is 4.84. The van der Waals surface area contributed by atoms with Gasteiger partial charge in [0.05, 0.1) is 0 Å². The fraction of sp³-hybridized carbons (Fsp3) is 0.500. The lowest BCUT2D eigenvalue weighted by molar-refractivity contribution is 0.529. The fourth-order valence-electron chi connectivity index (χ4n) is 0.696. The molecule has 14 heavy (non-hydrogen) atoms. The van der Waals surface area contributed by atoms with Crippen LogP contribution >= 0.6 is 0 Å². The van der Waals surface area contributed by atoms with Gasteiger partial charge >= 0.3 is 0 Å². The average molecular weight is 205 g/mol. The van der Waals surface area contributed by atoms with Crippen LogP contribution in [0.3, 0.4) is 0 Å². The second-order valence-corrected chi connectivity index (χ2v) is 2.90. The van der Waals surface area contributed by atoms with E-state index in [0.717, 1.165) is 13.3 Å². The van der Waals surface area contributed by atoms with Crippen LogP contribution in [0.25, 0.3) is 0 Å². The van der Waals surface area contributed by atoms with Gasteiger partial charge in [-0.05, 0) is 20.3 Å². The molecule has 0 aliphatic rings. The Bertz CT molecular complexity index is 273. The molecule has 0 unspecified atom stereocenters. The summed E-state index contributed by atoms with van der Waals surface area (Å²) in [5.41, 5.74) is 0.225. The number of unbranched alkanes of at least 4 members (excludes halogenated alkanes) is 1. The van der Waals surface area contributed by atoms with Crippen molar-refractivity contribution in [3.8, 4) is 0 Å². The van der Waals surface area contributed by atoms with Gasteiger partial charge in [0.25, 0.3) is 0 Å².